The molecule has 3 heteroatoms. The van der Waals surface area contributed by atoms with Gasteiger partial charge in [0.2, 0.25) is 0 Å². The fourth-order valence-electron chi connectivity index (χ4n) is 1.16. The van der Waals surface area contributed by atoms with Crippen LogP contribution in [0.3, 0.4) is 0 Å². The maximum atomic E-state index is 5.28. The van der Waals surface area contributed by atoms with Gasteiger partial charge in [0.05, 0.1) is 15.9 Å². The highest BCUT2D eigenvalue weighted by Gasteiger charge is 2.11. The lowest BCUT2D eigenvalue weighted by Crippen LogP contribution is -2.25. The lowest BCUT2D eigenvalue weighted by atomic mass is 10.3. The summed E-state index contributed by atoms with van der Waals surface area (Å²) in [5, 5.41) is 1.34. The molecular formula is C9H12BrOSi. The summed E-state index contributed by atoms with van der Waals surface area (Å²) in [6, 6.07) is 6.07. The first-order valence-electron chi connectivity index (χ1n) is 3.80. The van der Waals surface area contributed by atoms with E-state index in [0.29, 0.717) is 0 Å². The zero-order valence-electron chi connectivity index (χ0n) is 7.52. The first-order chi connectivity index (χ1) is 5.66. The van der Waals surface area contributed by atoms with Gasteiger partial charge in [-0.1, -0.05) is 35.1 Å². The van der Waals surface area contributed by atoms with Crippen molar-refractivity contribution in [3.8, 4) is 5.75 Å². The molecule has 12 heavy (non-hydrogen) atoms. The van der Waals surface area contributed by atoms with Gasteiger partial charge in [0.1, 0.15) is 5.75 Å². The zero-order valence-corrected chi connectivity index (χ0v) is 10.1. The fourth-order valence-corrected chi connectivity index (χ4v) is 3.94. The van der Waals surface area contributed by atoms with Crippen molar-refractivity contribution >= 4 is 29.9 Å². The molecule has 0 fully saturated rings. The third-order valence-electron chi connectivity index (χ3n) is 1.70. The van der Waals surface area contributed by atoms with E-state index in [2.05, 4.69) is 35.1 Å². The Labute approximate surface area is 83.5 Å². The van der Waals surface area contributed by atoms with E-state index in [1.807, 2.05) is 12.1 Å². The molecule has 0 heterocycles. The molecule has 1 radical (unpaired) electrons. The molecule has 0 atom stereocenters. The van der Waals surface area contributed by atoms with E-state index in [1.165, 1.54) is 9.66 Å². The van der Waals surface area contributed by atoms with Crippen molar-refractivity contribution in [1.82, 2.24) is 0 Å². The van der Waals surface area contributed by atoms with Crippen molar-refractivity contribution in [2.24, 2.45) is 0 Å². The van der Waals surface area contributed by atoms with Crippen molar-refractivity contribution in [1.29, 1.82) is 0 Å². The van der Waals surface area contributed by atoms with Gasteiger partial charge in [-0.2, -0.15) is 0 Å². The average molecular weight is 244 g/mol. The predicted molar refractivity (Wildman–Crippen MR) is 57.8 cm³/mol. The van der Waals surface area contributed by atoms with Crippen LogP contribution in [0.25, 0.3) is 0 Å². The second kappa shape index (κ2) is 4.10. The second-order valence-electron chi connectivity index (χ2n) is 2.82. The monoisotopic (exact) mass is 243 g/mol. The summed E-state index contributed by atoms with van der Waals surface area (Å²) >= 11 is 3.53. The van der Waals surface area contributed by atoms with E-state index in [4.69, 9.17) is 4.74 Å². The van der Waals surface area contributed by atoms with Gasteiger partial charge in [0, 0.05) is 4.47 Å². The molecule has 0 amide bonds. The molecule has 0 saturated carbocycles. The Morgan fingerprint density at radius 1 is 1.33 bits per heavy atom. The van der Waals surface area contributed by atoms with E-state index in [9.17, 15) is 0 Å². The number of rotatable bonds is 2. The summed E-state index contributed by atoms with van der Waals surface area (Å²) < 4.78 is 6.45. The molecule has 0 N–H and O–H groups in total. The Morgan fingerprint density at radius 2 is 2.00 bits per heavy atom. The highest BCUT2D eigenvalue weighted by molar-refractivity contribution is 9.10. The van der Waals surface area contributed by atoms with E-state index in [0.717, 1.165) is 5.75 Å². The number of benzene rings is 1. The molecule has 65 valence electrons. The Balaban J connectivity index is 3.20. The number of ether oxygens (including phenoxy) is 1. The minimum Gasteiger partial charge on any atom is -0.497 e. The van der Waals surface area contributed by atoms with E-state index < -0.39 is 8.80 Å². The molecule has 0 unspecified atom stereocenters. The van der Waals surface area contributed by atoms with Crippen LogP contribution < -0.4 is 9.92 Å². The van der Waals surface area contributed by atoms with Crippen LogP contribution in [-0.2, 0) is 0 Å². The number of halogens is 1. The van der Waals surface area contributed by atoms with Gasteiger partial charge < -0.3 is 4.74 Å². The summed E-state index contributed by atoms with van der Waals surface area (Å²) in [6.45, 7) is 4.51. The van der Waals surface area contributed by atoms with Crippen LogP contribution in [0.2, 0.25) is 13.1 Å². The molecule has 1 aromatic rings. The summed E-state index contributed by atoms with van der Waals surface area (Å²) in [7, 11) is 1.26. The third kappa shape index (κ3) is 1.90. The minimum absolute atomic E-state index is 0.456. The summed E-state index contributed by atoms with van der Waals surface area (Å²) in [6.07, 6.45) is 0. The van der Waals surface area contributed by atoms with Gasteiger partial charge in [0.15, 0.2) is 0 Å². The first-order valence-corrected chi connectivity index (χ1v) is 7.09. The van der Waals surface area contributed by atoms with Crippen LogP contribution in [-0.4, -0.2) is 15.9 Å². The van der Waals surface area contributed by atoms with Crippen molar-refractivity contribution in [2.75, 3.05) is 7.11 Å². The van der Waals surface area contributed by atoms with Gasteiger partial charge in [-0.3, -0.25) is 0 Å². The molecule has 1 aromatic carbocycles. The second-order valence-corrected chi connectivity index (χ2v) is 6.17. The molecule has 0 saturated heterocycles. The van der Waals surface area contributed by atoms with Gasteiger partial charge >= 0.3 is 0 Å². The predicted octanol–water partition coefficient (Wildman–Crippen LogP) is 2.42. The fraction of sp³-hybridized carbons (Fsp3) is 0.333. The van der Waals surface area contributed by atoms with Crippen LogP contribution >= 0.6 is 15.9 Å². The molecule has 0 spiro atoms. The molecule has 1 rings (SSSR count). The Kier molecular flexibility index (Phi) is 3.35. The SMILES string of the molecule is COc1cccc(Br)c1[Si](C)C. The Hall–Kier alpha value is -0.283. The average Bonchev–Trinajstić information content (AvgIpc) is 2.03. The van der Waals surface area contributed by atoms with Crippen molar-refractivity contribution < 1.29 is 4.74 Å². The maximum Gasteiger partial charge on any atom is 0.118 e. The lowest BCUT2D eigenvalue weighted by Gasteiger charge is -2.11. The van der Waals surface area contributed by atoms with E-state index in [1.54, 1.807) is 7.11 Å². The highest BCUT2D eigenvalue weighted by atomic mass is 79.9. The topological polar surface area (TPSA) is 9.23 Å². The van der Waals surface area contributed by atoms with E-state index in [-0.39, 0.29) is 0 Å². The molecule has 0 aromatic heterocycles. The summed E-state index contributed by atoms with van der Waals surface area (Å²) in [5.74, 6) is 1.00. The van der Waals surface area contributed by atoms with E-state index >= 15 is 0 Å². The minimum atomic E-state index is -0.456. The summed E-state index contributed by atoms with van der Waals surface area (Å²) in [5.41, 5.74) is 0. The molecule has 0 bridgehead atoms. The van der Waals surface area contributed by atoms with Crippen molar-refractivity contribution in [3.05, 3.63) is 22.7 Å². The molecule has 1 nitrogen and oxygen atoms in total. The zero-order chi connectivity index (χ0) is 9.14. The smallest absolute Gasteiger partial charge is 0.118 e. The standard InChI is InChI=1S/C9H12BrOSi/c1-11-8-6-4-5-7(10)9(8)12(2)3/h4-6H,1-3H3. The van der Waals surface area contributed by atoms with Gasteiger partial charge in [0.25, 0.3) is 0 Å². The highest BCUT2D eigenvalue weighted by Crippen LogP contribution is 2.16. The molecule has 0 aliphatic rings. The Bertz CT molecular complexity index is 273. The Morgan fingerprint density at radius 3 is 2.42 bits per heavy atom. The van der Waals surface area contributed by atoms with Gasteiger partial charge in [-0.25, -0.2) is 0 Å². The largest absolute Gasteiger partial charge is 0.497 e. The van der Waals surface area contributed by atoms with Gasteiger partial charge in [-0.05, 0) is 17.3 Å². The summed E-state index contributed by atoms with van der Waals surface area (Å²) in [4.78, 5) is 0. The molecule has 0 aliphatic heterocycles. The first kappa shape index (κ1) is 9.80. The number of methoxy groups -OCH3 is 1. The maximum absolute atomic E-state index is 5.28. The lowest BCUT2D eigenvalue weighted by molar-refractivity contribution is 0.418. The third-order valence-corrected chi connectivity index (χ3v) is 4.24. The van der Waals surface area contributed by atoms with Crippen LogP contribution in [0.15, 0.2) is 22.7 Å². The van der Waals surface area contributed by atoms with Crippen molar-refractivity contribution in [2.45, 2.75) is 13.1 Å². The molecule has 0 aliphatic carbocycles. The molecular weight excluding hydrogens is 232 g/mol. The van der Waals surface area contributed by atoms with Crippen LogP contribution in [0.4, 0.5) is 0 Å². The van der Waals surface area contributed by atoms with Crippen LogP contribution in [0.1, 0.15) is 0 Å². The van der Waals surface area contributed by atoms with Gasteiger partial charge in [-0.15, -0.1) is 0 Å². The normalized spacial score (nSPS) is 10.4. The van der Waals surface area contributed by atoms with Crippen LogP contribution in [0, 0.1) is 0 Å². The quantitative estimate of drug-likeness (QED) is 0.726. The van der Waals surface area contributed by atoms with Crippen LogP contribution in [0.5, 0.6) is 5.75 Å². The number of hydrogen-bond acceptors (Lipinski definition) is 1. The van der Waals surface area contributed by atoms with Crippen molar-refractivity contribution in [3.63, 3.8) is 0 Å². The number of hydrogen-bond donors (Lipinski definition) is 0.